The zero-order valence-electron chi connectivity index (χ0n) is 19.3. The molecule has 0 atom stereocenters. The molecule has 0 saturated carbocycles. The van der Waals surface area contributed by atoms with E-state index in [1.807, 2.05) is 60.8 Å². The highest BCUT2D eigenvalue weighted by Crippen LogP contribution is 2.15. The van der Waals surface area contributed by atoms with Crippen LogP contribution in [0.15, 0.2) is 82.2 Å². The Hall–Kier alpha value is -3.38. The number of phenols is 1. The third-order valence-electron chi connectivity index (χ3n) is 4.70. The number of nitrogens with zero attached hydrogens (tertiary/aromatic N) is 2. The Balaban J connectivity index is 0.00000432. The largest absolute Gasteiger partial charge is 0.508 e. The normalized spacial score (nSPS) is 11.1. The topological polar surface area (TPSA) is 106 Å². The van der Waals surface area contributed by atoms with E-state index in [-0.39, 0.29) is 18.2 Å². The van der Waals surface area contributed by atoms with E-state index in [9.17, 15) is 5.11 Å². The van der Waals surface area contributed by atoms with Gasteiger partial charge in [-0.05, 0) is 35.4 Å². The molecule has 0 unspecified atom stereocenters. The Morgan fingerprint density at radius 1 is 1.03 bits per heavy atom. The molecule has 9 heteroatoms. The van der Waals surface area contributed by atoms with Crippen LogP contribution in [0.5, 0.6) is 5.75 Å². The molecule has 4 N–H and O–H groups in total. The van der Waals surface area contributed by atoms with Gasteiger partial charge in [0.2, 0.25) is 5.96 Å². The second-order valence-corrected chi connectivity index (χ2v) is 8.46. The van der Waals surface area contributed by atoms with Crippen molar-refractivity contribution in [1.82, 2.24) is 16.0 Å². The number of guanidine groups is 1. The highest BCUT2D eigenvalue weighted by Gasteiger charge is 2.03. The van der Waals surface area contributed by atoms with Gasteiger partial charge in [0.1, 0.15) is 17.3 Å². The van der Waals surface area contributed by atoms with Crippen molar-refractivity contribution >= 4 is 36.2 Å². The number of hydrogen-bond donors (Lipinski definition) is 4. The Bertz CT molecular complexity index is 1090. The molecule has 0 amide bonds. The third-order valence-corrected chi connectivity index (χ3v) is 5.66. The van der Waals surface area contributed by atoms with Crippen molar-refractivity contribution in [3.8, 4) is 11.9 Å². The Morgan fingerprint density at radius 3 is 2.57 bits per heavy atom. The minimum atomic E-state index is 0. The lowest BCUT2D eigenvalue weighted by Crippen LogP contribution is -2.34. The number of aliphatic imine (C=N–C) groups is 1. The van der Waals surface area contributed by atoms with Crippen LogP contribution in [-0.2, 0) is 18.8 Å². The maximum absolute atomic E-state index is 9.31. The fraction of sp³-hybridized carbons (Fsp3) is 0.231. The first-order valence-corrected chi connectivity index (χ1v) is 12.2. The van der Waals surface area contributed by atoms with E-state index in [2.05, 4.69) is 33.1 Å². The van der Waals surface area contributed by atoms with E-state index in [0.29, 0.717) is 25.6 Å². The number of furan rings is 1. The van der Waals surface area contributed by atoms with E-state index in [1.165, 1.54) is 5.56 Å². The monoisotopic (exact) mass is 511 g/mol. The number of halogens is 1. The molecule has 184 valence electrons. The van der Waals surface area contributed by atoms with Crippen LogP contribution in [0.25, 0.3) is 6.08 Å². The number of nitrogens with one attached hydrogen (secondary N) is 3. The molecule has 0 aliphatic heterocycles. The van der Waals surface area contributed by atoms with Crippen LogP contribution in [0, 0.1) is 11.5 Å². The number of benzene rings is 2. The second-order valence-electron chi connectivity index (χ2n) is 7.35. The van der Waals surface area contributed by atoms with Crippen LogP contribution in [-0.4, -0.2) is 29.9 Å². The number of rotatable bonds is 12. The summed E-state index contributed by atoms with van der Waals surface area (Å²) in [5.74, 6) is 4.14. The summed E-state index contributed by atoms with van der Waals surface area (Å²) in [5, 5.41) is 27.3. The Labute approximate surface area is 216 Å². The average Bonchev–Trinajstić information content (AvgIpc) is 3.31. The molecule has 0 aliphatic rings. The molecule has 3 aromatic rings. The number of nitriles is 1. The standard InChI is InChI=1S/C26H29N5O2S.ClH/c27-20-31-26(29-14-4-7-21-8-10-23(32)11-9-21)30-15-16-34-19-25-13-12-24(33-25)18-28-17-22-5-2-1-3-6-22;/h1-13,28,32H,14-19H2,(H2,29,30,31);1H. The quantitative estimate of drug-likeness (QED) is 0.0921. The van der Waals surface area contributed by atoms with Crippen molar-refractivity contribution in [3.05, 3.63) is 95.5 Å². The molecule has 2 aromatic carbocycles. The molecule has 0 spiro atoms. The molecule has 0 bridgehead atoms. The summed E-state index contributed by atoms with van der Waals surface area (Å²) in [6.07, 6.45) is 5.77. The van der Waals surface area contributed by atoms with Crippen LogP contribution in [0.3, 0.4) is 0 Å². The van der Waals surface area contributed by atoms with Gasteiger partial charge in [-0.15, -0.1) is 12.4 Å². The van der Waals surface area contributed by atoms with E-state index < -0.39 is 0 Å². The van der Waals surface area contributed by atoms with Crippen LogP contribution in [0.1, 0.15) is 22.6 Å². The van der Waals surface area contributed by atoms with Crippen molar-refractivity contribution < 1.29 is 9.52 Å². The predicted molar refractivity (Wildman–Crippen MR) is 145 cm³/mol. The maximum atomic E-state index is 9.31. The first-order valence-electron chi connectivity index (χ1n) is 11.0. The smallest absolute Gasteiger partial charge is 0.204 e. The van der Waals surface area contributed by atoms with Gasteiger partial charge in [0, 0.05) is 18.8 Å². The van der Waals surface area contributed by atoms with Gasteiger partial charge in [-0.2, -0.15) is 17.0 Å². The first kappa shape index (κ1) is 27.9. The molecule has 1 aromatic heterocycles. The second kappa shape index (κ2) is 16.3. The van der Waals surface area contributed by atoms with Gasteiger partial charge in [0.05, 0.1) is 18.8 Å². The van der Waals surface area contributed by atoms with E-state index in [4.69, 9.17) is 9.68 Å². The lowest BCUT2D eigenvalue weighted by molar-refractivity contribution is 0.459. The molecule has 0 fully saturated rings. The van der Waals surface area contributed by atoms with Crippen LogP contribution < -0.4 is 16.0 Å². The fourth-order valence-corrected chi connectivity index (χ4v) is 3.77. The summed E-state index contributed by atoms with van der Waals surface area (Å²) in [7, 11) is 0. The van der Waals surface area contributed by atoms with Crippen molar-refractivity contribution in [2.75, 3.05) is 18.8 Å². The third kappa shape index (κ3) is 11.1. The molecule has 7 nitrogen and oxygen atoms in total. The van der Waals surface area contributed by atoms with E-state index >= 15 is 0 Å². The van der Waals surface area contributed by atoms with Gasteiger partial charge >= 0.3 is 0 Å². The molecule has 1 heterocycles. The van der Waals surface area contributed by atoms with Gasteiger partial charge in [-0.3, -0.25) is 10.3 Å². The van der Waals surface area contributed by atoms with Crippen LogP contribution in [0.4, 0.5) is 0 Å². The van der Waals surface area contributed by atoms with Crippen molar-refractivity contribution in [3.63, 3.8) is 0 Å². The van der Waals surface area contributed by atoms with Gasteiger partial charge in [0.25, 0.3) is 0 Å². The highest BCUT2D eigenvalue weighted by molar-refractivity contribution is 7.98. The Kier molecular flexibility index (Phi) is 13.0. The van der Waals surface area contributed by atoms with Gasteiger partial charge in [-0.1, -0.05) is 54.6 Å². The summed E-state index contributed by atoms with van der Waals surface area (Å²) >= 11 is 1.73. The summed E-state index contributed by atoms with van der Waals surface area (Å²) in [5.41, 5.74) is 2.23. The molecule has 3 rings (SSSR count). The zero-order valence-corrected chi connectivity index (χ0v) is 20.9. The number of hydrogen-bond acceptors (Lipinski definition) is 6. The summed E-state index contributed by atoms with van der Waals surface area (Å²) in [6, 6.07) is 21.2. The Morgan fingerprint density at radius 2 is 1.80 bits per heavy atom. The SMILES string of the molecule is Cl.N#CNC(=NCCSCc1ccc(CNCc2ccccc2)o1)NCC=Cc1ccc(O)cc1. The highest BCUT2D eigenvalue weighted by atomic mass is 35.5. The molecule has 35 heavy (non-hydrogen) atoms. The number of aromatic hydroxyl groups is 1. The van der Waals surface area contributed by atoms with Crippen molar-refractivity contribution in [2.45, 2.75) is 18.8 Å². The maximum Gasteiger partial charge on any atom is 0.204 e. The van der Waals surface area contributed by atoms with Gasteiger partial charge < -0.3 is 20.2 Å². The molecule has 0 saturated heterocycles. The molecular formula is C26H30ClN5O2S. The lowest BCUT2D eigenvalue weighted by Gasteiger charge is -2.05. The zero-order chi connectivity index (χ0) is 23.8. The van der Waals surface area contributed by atoms with Gasteiger partial charge in [0.15, 0.2) is 6.19 Å². The summed E-state index contributed by atoms with van der Waals surface area (Å²) in [4.78, 5) is 4.42. The van der Waals surface area contributed by atoms with E-state index in [1.54, 1.807) is 23.9 Å². The van der Waals surface area contributed by atoms with Gasteiger partial charge in [-0.25, -0.2) is 0 Å². The molecule has 0 aliphatic carbocycles. The summed E-state index contributed by atoms with van der Waals surface area (Å²) in [6.45, 7) is 2.60. The number of thioether (sulfide) groups is 1. The lowest BCUT2D eigenvalue weighted by atomic mass is 10.2. The van der Waals surface area contributed by atoms with Crippen LogP contribution in [0.2, 0.25) is 0 Å². The van der Waals surface area contributed by atoms with Crippen molar-refractivity contribution in [1.29, 1.82) is 5.26 Å². The average molecular weight is 512 g/mol. The van der Waals surface area contributed by atoms with Crippen LogP contribution >= 0.6 is 24.2 Å². The predicted octanol–water partition coefficient (Wildman–Crippen LogP) is 4.66. The minimum absolute atomic E-state index is 0. The molecular weight excluding hydrogens is 482 g/mol. The summed E-state index contributed by atoms with van der Waals surface area (Å²) < 4.78 is 5.89. The van der Waals surface area contributed by atoms with Crippen molar-refractivity contribution in [2.24, 2.45) is 4.99 Å². The minimum Gasteiger partial charge on any atom is -0.508 e. The molecule has 0 radical (unpaired) electrons. The fourth-order valence-electron chi connectivity index (χ4n) is 3.04. The number of phenolic OH excluding ortho intramolecular Hbond substituents is 1. The van der Waals surface area contributed by atoms with E-state index in [0.717, 1.165) is 35.1 Å². The first-order chi connectivity index (χ1) is 16.7.